The van der Waals surface area contributed by atoms with Gasteiger partial charge in [-0.25, -0.2) is 0 Å². The molecule has 0 radical (unpaired) electrons. The Labute approximate surface area is 110 Å². The molecule has 1 unspecified atom stereocenters. The van der Waals surface area contributed by atoms with Gasteiger partial charge in [0, 0.05) is 5.38 Å². The lowest BCUT2D eigenvalue weighted by molar-refractivity contribution is -0.137. The van der Waals surface area contributed by atoms with Gasteiger partial charge < -0.3 is 5.32 Å². The van der Waals surface area contributed by atoms with Crippen LogP contribution in [-0.2, 0) is 12.6 Å². The normalized spacial score (nSPS) is 14.2. The Hall–Kier alpha value is -0.550. The SMILES string of the molecule is CC(C)CNCC(C)Cc1cscc1C(F)(F)F. The zero-order valence-electron chi connectivity index (χ0n) is 11.0. The van der Waals surface area contributed by atoms with Gasteiger partial charge in [-0.05, 0) is 42.3 Å². The van der Waals surface area contributed by atoms with Crippen LogP contribution in [0.15, 0.2) is 10.8 Å². The molecule has 0 bridgehead atoms. The first-order chi connectivity index (χ1) is 8.30. The van der Waals surface area contributed by atoms with Gasteiger partial charge >= 0.3 is 6.18 Å². The molecule has 1 rings (SSSR count). The molecule has 0 aliphatic rings. The van der Waals surface area contributed by atoms with Crippen LogP contribution in [0.3, 0.4) is 0 Å². The summed E-state index contributed by atoms with van der Waals surface area (Å²) in [5.41, 5.74) is -0.0467. The van der Waals surface area contributed by atoms with Gasteiger partial charge in [0.15, 0.2) is 0 Å². The molecule has 1 nitrogen and oxygen atoms in total. The minimum Gasteiger partial charge on any atom is -0.316 e. The van der Waals surface area contributed by atoms with Gasteiger partial charge in [0.25, 0.3) is 0 Å². The van der Waals surface area contributed by atoms with Crippen molar-refractivity contribution in [3.8, 4) is 0 Å². The van der Waals surface area contributed by atoms with E-state index < -0.39 is 11.7 Å². The molecule has 0 spiro atoms. The second-order valence-electron chi connectivity index (χ2n) is 5.17. The molecule has 0 aliphatic carbocycles. The molecular formula is C13H20F3NS. The summed E-state index contributed by atoms with van der Waals surface area (Å²) in [6.45, 7) is 7.85. The molecule has 0 saturated carbocycles. The smallest absolute Gasteiger partial charge is 0.316 e. The second-order valence-corrected chi connectivity index (χ2v) is 5.91. The maximum Gasteiger partial charge on any atom is 0.417 e. The van der Waals surface area contributed by atoms with Gasteiger partial charge in [0.2, 0.25) is 0 Å². The third-order valence-corrected chi connectivity index (χ3v) is 3.45. The van der Waals surface area contributed by atoms with Gasteiger partial charge in [0.05, 0.1) is 5.56 Å². The summed E-state index contributed by atoms with van der Waals surface area (Å²) < 4.78 is 38.0. The number of nitrogens with one attached hydrogen (secondary N) is 1. The lowest BCUT2D eigenvalue weighted by Gasteiger charge is -2.15. The summed E-state index contributed by atoms with van der Waals surface area (Å²) in [4.78, 5) is 0. The van der Waals surface area contributed by atoms with Crippen LogP contribution in [0, 0.1) is 11.8 Å². The largest absolute Gasteiger partial charge is 0.417 e. The van der Waals surface area contributed by atoms with E-state index in [9.17, 15) is 13.2 Å². The van der Waals surface area contributed by atoms with E-state index in [-0.39, 0.29) is 5.92 Å². The molecular weight excluding hydrogens is 259 g/mol. The summed E-state index contributed by atoms with van der Waals surface area (Å²) in [5.74, 6) is 0.767. The van der Waals surface area contributed by atoms with Crippen molar-refractivity contribution >= 4 is 11.3 Å². The number of rotatable bonds is 6. The van der Waals surface area contributed by atoms with E-state index >= 15 is 0 Å². The zero-order valence-corrected chi connectivity index (χ0v) is 11.8. The topological polar surface area (TPSA) is 12.0 Å². The fraction of sp³-hybridized carbons (Fsp3) is 0.692. The molecule has 5 heteroatoms. The van der Waals surface area contributed by atoms with E-state index in [2.05, 4.69) is 19.2 Å². The lowest BCUT2D eigenvalue weighted by atomic mass is 10.00. The molecule has 1 heterocycles. The Bertz CT molecular complexity index is 357. The summed E-state index contributed by atoms with van der Waals surface area (Å²) in [5, 5.41) is 6.09. The predicted molar refractivity (Wildman–Crippen MR) is 69.9 cm³/mol. The van der Waals surface area contributed by atoms with Gasteiger partial charge in [-0.15, -0.1) is 0 Å². The van der Waals surface area contributed by atoms with E-state index in [4.69, 9.17) is 0 Å². The van der Waals surface area contributed by atoms with Crippen molar-refractivity contribution < 1.29 is 13.2 Å². The Morgan fingerprint density at radius 3 is 2.39 bits per heavy atom. The molecule has 18 heavy (non-hydrogen) atoms. The van der Waals surface area contributed by atoms with Crippen LogP contribution in [0.25, 0.3) is 0 Å². The van der Waals surface area contributed by atoms with Crippen molar-refractivity contribution in [1.82, 2.24) is 5.32 Å². The number of halogens is 3. The Balaban J connectivity index is 2.50. The van der Waals surface area contributed by atoms with Crippen LogP contribution in [-0.4, -0.2) is 13.1 Å². The Kier molecular flexibility index (Phi) is 5.66. The third kappa shape index (κ3) is 4.98. The number of hydrogen-bond acceptors (Lipinski definition) is 2. The predicted octanol–water partition coefficient (Wildman–Crippen LogP) is 4.19. The van der Waals surface area contributed by atoms with Gasteiger partial charge in [-0.3, -0.25) is 0 Å². The fourth-order valence-electron chi connectivity index (χ4n) is 1.80. The summed E-state index contributed by atoms with van der Waals surface area (Å²) in [7, 11) is 0. The van der Waals surface area contributed by atoms with Crippen LogP contribution in [0.4, 0.5) is 13.2 Å². The summed E-state index contributed by atoms with van der Waals surface area (Å²) in [6.07, 6.45) is -3.75. The number of hydrogen-bond donors (Lipinski definition) is 1. The second kappa shape index (κ2) is 6.57. The van der Waals surface area contributed by atoms with Crippen LogP contribution in [0.1, 0.15) is 31.9 Å². The first-order valence-corrected chi connectivity index (χ1v) is 7.08. The van der Waals surface area contributed by atoms with E-state index in [0.29, 0.717) is 17.9 Å². The molecule has 1 aromatic heterocycles. The van der Waals surface area contributed by atoms with Gasteiger partial charge in [0.1, 0.15) is 0 Å². The fourth-order valence-corrected chi connectivity index (χ4v) is 2.67. The van der Waals surface area contributed by atoms with Crippen molar-refractivity contribution in [2.75, 3.05) is 13.1 Å². The summed E-state index contributed by atoms with van der Waals surface area (Å²) in [6, 6.07) is 0. The standard InChI is InChI=1S/C13H20F3NS/c1-9(2)5-17-6-10(3)4-11-7-18-8-12(11)13(14,15)16/h7-10,17H,4-6H2,1-3H3. The van der Waals surface area contributed by atoms with Crippen LogP contribution in [0.5, 0.6) is 0 Å². The van der Waals surface area contributed by atoms with Crippen LogP contribution >= 0.6 is 11.3 Å². The Morgan fingerprint density at radius 1 is 1.17 bits per heavy atom. The molecule has 0 saturated heterocycles. The molecule has 104 valence electrons. The van der Waals surface area contributed by atoms with Gasteiger partial charge in [-0.1, -0.05) is 20.8 Å². The van der Waals surface area contributed by atoms with Gasteiger partial charge in [-0.2, -0.15) is 24.5 Å². The maximum atomic E-state index is 12.7. The van der Waals surface area contributed by atoms with Crippen molar-refractivity contribution in [3.05, 3.63) is 21.9 Å². The number of alkyl halides is 3. The van der Waals surface area contributed by atoms with Crippen molar-refractivity contribution in [1.29, 1.82) is 0 Å². The highest BCUT2D eigenvalue weighted by Crippen LogP contribution is 2.35. The molecule has 0 fully saturated rings. The number of thiophene rings is 1. The highest BCUT2D eigenvalue weighted by atomic mass is 32.1. The monoisotopic (exact) mass is 279 g/mol. The average Bonchev–Trinajstić information content (AvgIpc) is 2.64. The maximum absolute atomic E-state index is 12.7. The van der Waals surface area contributed by atoms with E-state index in [0.717, 1.165) is 24.4 Å². The molecule has 0 aliphatic heterocycles. The first-order valence-electron chi connectivity index (χ1n) is 6.13. The highest BCUT2D eigenvalue weighted by Gasteiger charge is 2.34. The van der Waals surface area contributed by atoms with E-state index in [1.165, 1.54) is 5.38 Å². The van der Waals surface area contributed by atoms with Crippen molar-refractivity contribution in [3.63, 3.8) is 0 Å². The molecule has 1 atom stereocenters. The highest BCUT2D eigenvalue weighted by molar-refractivity contribution is 7.08. The van der Waals surface area contributed by atoms with Crippen LogP contribution in [0.2, 0.25) is 0 Å². The van der Waals surface area contributed by atoms with Crippen LogP contribution < -0.4 is 5.32 Å². The third-order valence-electron chi connectivity index (χ3n) is 2.66. The van der Waals surface area contributed by atoms with E-state index in [1.807, 2.05) is 6.92 Å². The quantitative estimate of drug-likeness (QED) is 0.823. The molecule has 0 aromatic carbocycles. The average molecular weight is 279 g/mol. The minimum absolute atomic E-state index is 0.208. The lowest BCUT2D eigenvalue weighted by Crippen LogP contribution is -2.26. The zero-order chi connectivity index (χ0) is 13.8. The van der Waals surface area contributed by atoms with E-state index in [1.54, 1.807) is 5.38 Å². The first kappa shape index (κ1) is 15.5. The summed E-state index contributed by atoms with van der Waals surface area (Å²) >= 11 is 1.12. The van der Waals surface area contributed by atoms with Crippen molar-refractivity contribution in [2.24, 2.45) is 11.8 Å². The van der Waals surface area contributed by atoms with Crippen molar-refractivity contribution in [2.45, 2.75) is 33.4 Å². The minimum atomic E-state index is -4.22. The molecule has 0 amide bonds. The molecule has 1 aromatic rings. The Morgan fingerprint density at radius 2 is 1.83 bits per heavy atom. The molecule has 1 N–H and O–H groups in total.